The Hall–Kier alpha value is -1.60. The lowest BCUT2D eigenvalue weighted by Gasteiger charge is -2.42. The normalized spacial score (nSPS) is 16.8. The Kier molecular flexibility index (Phi) is 7.46. The van der Waals surface area contributed by atoms with E-state index in [-0.39, 0.29) is 0 Å². The fourth-order valence-corrected chi connectivity index (χ4v) is 3.86. The van der Waals surface area contributed by atoms with Crippen LogP contribution in [0.3, 0.4) is 0 Å². The summed E-state index contributed by atoms with van der Waals surface area (Å²) in [6.45, 7) is 2.46. The monoisotopic (exact) mass is 381 g/mol. The standard InChI is InChI=1S/C19H31N3O3S/c1-20-18(22-15-19(10-4-11-19)12-14-25-2)21-13-9-16-5-7-17(8-6-16)26(3,23)24/h5-8H,4,9-15H2,1-3H3,(H2,20,21,22). The second kappa shape index (κ2) is 9.37. The summed E-state index contributed by atoms with van der Waals surface area (Å²) in [6, 6.07) is 7.05. The van der Waals surface area contributed by atoms with Crippen LogP contribution in [0, 0.1) is 5.41 Å². The van der Waals surface area contributed by atoms with Crippen molar-refractivity contribution in [3.05, 3.63) is 29.8 Å². The van der Waals surface area contributed by atoms with Gasteiger partial charge in [-0.1, -0.05) is 18.6 Å². The molecule has 0 aromatic heterocycles. The van der Waals surface area contributed by atoms with E-state index in [1.165, 1.54) is 25.5 Å². The van der Waals surface area contributed by atoms with Gasteiger partial charge < -0.3 is 15.4 Å². The number of ether oxygens (including phenoxy) is 1. The molecule has 0 bridgehead atoms. The van der Waals surface area contributed by atoms with Crippen molar-refractivity contribution in [3.8, 4) is 0 Å². The minimum Gasteiger partial charge on any atom is -0.385 e. The molecule has 0 spiro atoms. The fourth-order valence-electron chi connectivity index (χ4n) is 3.23. The predicted molar refractivity (Wildman–Crippen MR) is 105 cm³/mol. The number of methoxy groups -OCH3 is 1. The lowest BCUT2D eigenvalue weighted by Crippen LogP contribution is -2.47. The molecule has 0 heterocycles. The van der Waals surface area contributed by atoms with Crippen molar-refractivity contribution < 1.29 is 13.2 Å². The second-order valence-electron chi connectivity index (χ2n) is 7.12. The number of sulfone groups is 1. The molecule has 2 N–H and O–H groups in total. The molecule has 0 radical (unpaired) electrons. The van der Waals surface area contributed by atoms with E-state index in [1.807, 2.05) is 12.1 Å². The largest absolute Gasteiger partial charge is 0.385 e. The van der Waals surface area contributed by atoms with Gasteiger partial charge in [0.25, 0.3) is 0 Å². The van der Waals surface area contributed by atoms with E-state index in [4.69, 9.17) is 4.74 Å². The minimum atomic E-state index is -3.14. The van der Waals surface area contributed by atoms with Gasteiger partial charge in [0.2, 0.25) is 0 Å². The van der Waals surface area contributed by atoms with Crippen molar-refractivity contribution in [1.82, 2.24) is 10.6 Å². The molecule has 1 aliphatic carbocycles. The third kappa shape index (κ3) is 5.99. The van der Waals surface area contributed by atoms with E-state index in [0.29, 0.717) is 10.3 Å². The number of aliphatic imine (C=N–C) groups is 1. The zero-order chi connectivity index (χ0) is 19.0. The molecule has 26 heavy (non-hydrogen) atoms. The highest BCUT2D eigenvalue weighted by molar-refractivity contribution is 7.90. The van der Waals surface area contributed by atoms with Crippen molar-refractivity contribution in [3.63, 3.8) is 0 Å². The van der Waals surface area contributed by atoms with Gasteiger partial charge in [-0.25, -0.2) is 8.42 Å². The van der Waals surface area contributed by atoms with Crippen molar-refractivity contribution in [1.29, 1.82) is 0 Å². The Morgan fingerprint density at radius 2 is 1.92 bits per heavy atom. The van der Waals surface area contributed by atoms with Crippen LogP contribution >= 0.6 is 0 Å². The number of hydrogen-bond acceptors (Lipinski definition) is 4. The number of nitrogens with zero attached hydrogens (tertiary/aromatic N) is 1. The Labute approximate surface area is 157 Å². The lowest BCUT2D eigenvalue weighted by atomic mass is 9.67. The first-order chi connectivity index (χ1) is 12.4. The number of guanidine groups is 1. The highest BCUT2D eigenvalue weighted by Crippen LogP contribution is 2.43. The van der Waals surface area contributed by atoms with Gasteiger partial charge in [0.15, 0.2) is 15.8 Å². The molecule has 1 aliphatic rings. The molecule has 1 aromatic rings. The Morgan fingerprint density at radius 3 is 2.42 bits per heavy atom. The first-order valence-corrected chi connectivity index (χ1v) is 11.0. The molecule has 0 saturated heterocycles. The maximum Gasteiger partial charge on any atom is 0.191 e. The summed E-state index contributed by atoms with van der Waals surface area (Å²) in [6.07, 6.45) is 6.89. The van der Waals surface area contributed by atoms with Crippen LogP contribution in [0.25, 0.3) is 0 Å². The van der Waals surface area contributed by atoms with E-state index in [1.54, 1.807) is 26.3 Å². The minimum absolute atomic E-state index is 0.342. The van der Waals surface area contributed by atoms with Gasteiger partial charge >= 0.3 is 0 Å². The summed E-state index contributed by atoms with van der Waals surface area (Å²) < 4.78 is 28.2. The second-order valence-corrected chi connectivity index (χ2v) is 9.13. The zero-order valence-corrected chi connectivity index (χ0v) is 16.9. The van der Waals surface area contributed by atoms with Crippen molar-refractivity contribution in [2.24, 2.45) is 10.4 Å². The van der Waals surface area contributed by atoms with Gasteiger partial charge in [0.05, 0.1) is 4.90 Å². The third-order valence-electron chi connectivity index (χ3n) is 5.16. The van der Waals surface area contributed by atoms with Gasteiger partial charge in [-0.05, 0) is 48.8 Å². The first kappa shape index (κ1) is 20.7. The number of hydrogen-bond donors (Lipinski definition) is 2. The van der Waals surface area contributed by atoms with E-state index in [2.05, 4.69) is 15.6 Å². The van der Waals surface area contributed by atoms with E-state index in [9.17, 15) is 8.42 Å². The summed E-state index contributed by atoms with van der Waals surface area (Å²) in [5, 5.41) is 6.77. The molecule has 6 nitrogen and oxygen atoms in total. The molecule has 0 atom stereocenters. The van der Waals surface area contributed by atoms with Crippen LogP contribution < -0.4 is 10.6 Å². The van der Waals surface area contributed by atoms with E-state index in [0.717, 1.165) is 44.1 Å². The average molecular weight is 382 g/mol. The molecule has 2 rings (SSSR count). The molecule has 0 aliphatic heterocycles. The van der Waals surface area contributed by atoms with Gasteiger partial charge in [0, 0.05) is 40.1 Å². The Balaban J connectivity index is 1.76. The van der Waals surface area contributed by atoms with E-state index < -0.39 is 9.84 Å². The summed E-state index contributed by atoms with van der Waals surface area (Å²) in [4.78, 5) is 4.65. The maximum atomic E-state index is 11.5. The SMILES string of the molecule is CN=C(NCCc1ccc(S(C)(=O)=O)cc1)NCC1(CCOC)CCC1. The van der Waals surface area contributed by atoms with Gasteiger partial charge in [0.1, 0.15) is 0 Å². The molecule has 0 unspecified atom stereocenters. The fraction of sp³-hybridized carbons (Fsp3) is 0.632. The molecule has 1 aromatic carbocycles. The molecule has 1 fully saturated rings. The third-order valence-corrected chi connectivity index (χ3v) is 6.29. The molecular weight excluding hydrogens is 350 g/mol. The molecular formula is C19H31N3O3S. The van der Waals surface area contributed by atoms with Crippen LogP contribution in [-0.4, -0.2) is 54.5 Å². The average Bonchev–Trinajstić information content (AvgIpc) is 2.58. The van der Waals surface area contributed by atoms with Crippen LogP contribution in [0.15, 0.2) is 34.2 Å². The topological polar surface area (TPSA) is 79.8 Å². The van der Waals surface area contributed by atoms with Gasteiger partial charge in [-0.15, -0.1) is 0 Å². The molecule has 1 saturated carbocycles. The summed E-state index contributed by atoms with van der Waals surface area (Å²) >= 11 is 0. The van der Waals surface area contributed by atoms with Crippen LogP contribution in [-0.2, 0) is 21.0 Å². The molecule has 0 amide bonds. The predicted octanol–water partition coefficient (Wildman–Crippen LogP) is 2.00. The summed E-state index contributed by atoms with van der Waals surface area (Å²) in [5.41, 5.74) is 1.44. The van der Waals surface area contributed by atoms with Crippen LogP contribution in [0.2, 0.25) is 0 Å². The first-order valence-electron chi connectivity index (χ1n) is 9.11. The van der Waals surface area contributed by atoms with Crippen molar-refractivity contribution >= 4 is 15.8 Å². The lowest BCUT2D eigenvalue weighted by molar-refractivity contribution is 0.0732. The maximum absolute atomic E-state index is 11.5. The number of rotatable bonds is 9. The smallest absolute Gasteiger partial charge is 0.191 e. The summed E-state index contributed by atoms with van der Waals surface area (Å²) in [5.74, 6) is 0.807. The number of nitrogens with one attached hydrogen (secondary N) is 2. The van der Waals surface area contributed by atoms with Gasteiger partial charge in [-0.3, -0.25) is 4.99 Å². The highest BCUT2D eigenvalue weighted by Gasteiger charge is 2.36. The van der Waals surface area contributed by atoms with E-state index >= 15 is 0 Å². The van der Waals surface area contributed by atoms with Crippen LogP contribution in [0.1, 0.15) is 31.2 Å². The van der Waals surface area contributed by atoms with Crippen LogP contribution in [0.5, 0.6) is 0 Å². The highest BCUT2D eigenvalue weighted by atomic mass is 32.2. The zero-order valence-electron chi connectivity index (χ0n) is 16.0. The molecule has 146 valence electrons. The quantitative estimate of drug-likeness (QED) is 0.505. The Morgan fingerprint density at radius 1 is 1.23 bits per heavy atom. The number of benzene rings is 1. The van der Waals surface area contributed by atoms with Gasteiger partial charge in [-0.2, -0.15) is 0 Å². The van der Waals surface area contributed by atoms with Crippen LogP contribution in [0.4, 0.5) is 0 Å². The van der Waals surface area contributed by atoms with Crippen molar-refractivity contribution in [2.45, 2.75) is 37.0 Å². The Bertz CT molecular complexity index is 695. The van der Waals surface area contributed by atoms with Crippen molar-refractivity contribution in [2.75, 3.05) is 40.1 Å². The molecule has 7 heteroatoms. The summed E-state index contributed by atoms with van der Waals surface area (Å²) in [7, 11) is 0.393.